The highest BCUT2D eigenvalue weighted by atomic mass is 16.6. The first kappa shape index (κ1) is 19.8. The molecule has 1 aromatic carbocycles. The second-order valence-corrected chi connectivity index (χ2v) is 7.69. The van der Waals surface area contributed by atoms with Gasteiger partial charge in [0.15, 0.2) is 5.84 Å². The maximum atomic E-state index is 6.19. The lowest BCUT2D eigenvalue weighted by Gasteiger charge is -2.44. The number of rotatable bonds is 7. The van der Waals surface area contributed by atoms with E-state index >= 15 is 0 Å². The zero-order valence-corrected chi connectivity index (χ0v) is 17.5. The number of oxime groups is 1. The van der Waals surface area contributed by atoms with Crippen LogP contribution in [0.15, 0.2) is 35.9 Å². The molecule has 0 aliphatic carbocycles. The van der Waals surface area contributed by atoms with Crippen LogP contribution in [-0.4, -0.2) is 59.3 Å². The second kappa shape index (κ2) is 8.86. The smallest absolute Gasteiger partial charge is 0.176 e. The highest BCUT2D eigenvalue weighted by molar-refractivity contribution is 5.99. The highest BCUT2D eigenvalue weighted by Crippen LogP contribution is 2.30. The van der Waals surface area contributed by atoms with E-state index in [0.29, 0.717) is 6.61 Å². The van der Waals surface area contributed by atoms with Crippen LogP contribution in [0.2, 0.25) is 0 Å². The maximum Gasteiger partial charge on any atom is 0.176 e. The van der Waals surface area contributed by atoms with Crippen molar-refractivity contribution in [3.63, 3.8) is 0 Å². The van der Waals surface area contributed by atoms with Crippen molar-refractivity contribution < 1.29 is 14.3 Å². The Labute approximate surface area is 172 Å². The largest absolute Gasteiger partial charge is 0.495 e. The molecule has 0 bridgehead atoms. The van der Waals surface area contributed by atoms with Gasteiger partial charge in [-0.1, -0.05) is 18.5 Å². The van der Waals surface area contributed by atoms with E-state index < -0.39 is 0 Å². The van der Waals surface area contributed by atoms with Crippen molar-refractivity contribution in [1.29, 1.82) is 0 Å². The third kappa shape index (κ3) is 4.10. The standard InChI is InChI=1S/C22H30N4O3/c1-4-5-11-28-20-7-6-10-26-19(20)14-29-24-22(26)17-8-9-18(21(12-17)27-3)25-13-16(2)23-15-25/h8-9,12-13,15,19-20H,4-7,10-11,14H2,1-3H3. The fraction of sp³-hybridized carbons (Fsp3) is 0.545. The molecule has 1 aromatic heterocycles. The number of benzene rings is 1. The fourth-order valence-corrected chi connectivity index (χ4v) is 4.08. The number of aromatic nitrogens is 2. The summed E-state index contributed by atoms with van der Waals surface area (Å²) in [4.78, 5) is 12.3. The Morgan fingerprint density at radius 2 is 2.21 bits per heavy atom. The van der Waals surface area contributed by atoms with E-state index in [0.717, 1.165) is 67.4 Å². The number of hydrogen-bond donors (Lipinski definition) is 0. The van der Waals surface area contributed by atoms with Gasteiger partial charge in [0.2, 0.25) is 0 Å². The SMILES string of the molecule is CCCCOC1CCCN2C(c3ccc(-n4cnc(C)c4)c(OC)c3)=NOCC12. The summed E-state index contributed by atoms with van der Waals surface area (Å²) >= 11 is 0. The Hall–Kier alpha value is -2.54. The van der Waals surface area contributed by atoms with Crippen molar-refractivity contribution in [2.24, 2.45) is 5.16 Å². The van der Waals surface area contributed by atoms with Gasteiger partial charge in [-0.25, -0.2) is 4.98 Å². The van der Waals surface area contributed by atoms with Gasteiger partial charge >= 0.3 is 0 Å². The second-order valence-electron chi connectivity index (χ2n) is 7.69. The summed E-state index contributed by atoms with van der Waals surface area (Å²) < 4.78 is 13.8. The number of hydrogen-bond acceptors (Lipinski definition) is 6. The molecular formula is C22H30N4O3. The lowest BCUT2D eigenvalue weighted by molar-refractivity contribution is -0.0638. The topological polar surface area (TPSA) is 61.1 Å². The molecule has 29 heavy (non-hydrogen) atoms. The van der Waals surface area contributed by atoms with Crippen molar-refractivity contribution >= 4 is 5.84 Å². The van der Waals surface area contributed by atoms with Crippen molar-refractivity contribution in [2.75, 3.05) is 26.9 Å². The van der Waals surface area contributed by atoms with Crippen LogP contribution in [0.4, 0.5) is 0 Å². The molecule has 7 heteroatoms. The van der Waals surface area contributed by atoms with Crippen LogP contribution in [0.5, 0.6) is 5.75 Å². The van der Waals surface area contributed by atoms with E-state index in [1.54, 1.807) is 13.4 Å². The Morgan fingerprint density at radius 3 is 2.97 bits per heavy atom. The number of piperidine rings is 1. The summed E-state index contributed by atoms with van der Waals surface area (Å²) in [6, 6.07) is 6.34. The van der Waals surface area contributed by atoms with Gasteiger partial charge in [0.1, 0.15) is 12.4 Å². The van der Waals surface area contributed by atoms with E-state index in [9.17, 15) is 0 Å². The van der Waals surface area contributed by atoms with Gasteiger partial charge < -0.3 is 23.8 Å². The molecule has 0 amide bonds. The van der Waals surface area contributed by atoms with Crippen molar-refractivity contribution in [3.05, 3.63) is 42.0 Å². The van der Waals surface area contributed by atoms with Crippen LogP contribution in [0, 0.1) is 6.92 Å². The molecule has 7 nitrogen and oxygen atoms in total. The molecular weight excluding hydrogens is 368 g/mol. The van der Waals surface area contributed by atoms with Crippen molar-refractivity contribution in [2.45, 2.75) is 51.7 Å². The summed E-state index contributed by atoms with van der Waals surface area (Å²) in [5.74, 6) is 1.63. The molecule has 0 radical (unpaired) electrons. The summed E-state index contributed by atoms with van der Waals surface area (Å²) in [6.07, 6.45) is 8.38. The molecule has 1 fully saturated rings. The monoisotopic (exact) mass is 398 g/mol. The number of amidine groups is 1. The number of fused-ring (bicyclic) bond motifs is 1. The van der Waals surface area contributed by atoms with Crippen LogP contribution in [0.25, 0.3) is 5.69 Å². The van der Waals surface area contributed by atoms with Crippen LogP contribution in [-0.2, 0) is 9.57 Å². The number of methoxy groups -OCH3 is 1. The molecule has 2 unspecified atom stereocenters. The Morgan fingerprint density at radius 1 is 1.31 bits per heavy atom. The number of ether oxygens (including phenoxy) is 2. The summed E-state index contributed by atoms with van der Waals surface area (Å²) in [6.45, 7) is 6.51. The Balaban J connectivity index is 1.58. The molecule has 0 spiro atoms. The third-order valence-electron chi connectivity index (χ3n) is 5.64. The average Bonchev–Trinajstić information content (AvgIpc) is 3.19. The first-order valence-corrected chi connectivity index (χ1v) is 10.5. The lowest BCUT2D eigenvalue weighted by atomic mass is 9.97. The van der Waals surface area contributed by atoms with E-state index in [1.165, 1.54) is 0 Å². The van der Waals surface area contributed by atoms with Gasteiger partial charge in [0, 0.05) is 24.9 Å². The van der Waals surface area contributed by atoms with Gasteiger partial charge in [-0.05, 0) is 44.4 Å². The molecule has 2 atom stereocenters. The van der Waals surface area contributed by atoms with Gasteiger partial charge in [-0.15, -0.1) is 0 Å². The van der Waals surface area contributed by atoms with Gasteiger partial charge in [0.25, 0.3) is 0 Å². The molecule has 0 N–H and O–H groups in total. The quantitative estimate of drug-likeness (QED) is 0.668. The van der Waals surface area contributed by atoms with E-state index in [-0.39, 0.29) is 12.1 Å². The van der Waals surface area contributed by atoms with Crippen molar-refractivity contribution in [3.8, 4) is 11.4 Å². The first-order valence-electron chi connectivity index (χ1n) is 10.5. The third-order valence-corrected chi connectivity index (χ3v) is 5.64. The molecule has 2 aliphatic heterocycles. The molecule has 0 saturated carbocycles. The van der Waals surface area contributed by atoms with Crippen LogP contribution in [0.1, 0.15) is 43.9 Å². The minimum atomic E-state index is 0.191. The Kier molecular flexibility index (Phi) is 6.04. The zero-order chi connectivity index (χ0) is 20.2. The molecule has 2 aliphatic rings. The predicted octanol–water partition coefficient (Wildman–Crippen LogP) is 3.53. The fourth-order valence-electron chi connectivity index (χ4n) is 4.08. The summed E-state index contributed by atoms with van der Waals surface area (Å²) in [5.41, 5.74) is 2.90. The highest BCUT2D eigenvalue weighted by Gasteiger charge is 2.37. The first-order chi connectivity index (χ1) is 14.2. The number of aryl methyl sites for hydroxylation is 1. The number of unbranched alkanes of at least 4 members (excludes halogenated alkanes) is 1. The Bertz CT molecular complexity index is 863. The van der Waals surface area contributed by atoms with Gasteiger partial charge in [-0.3, -0.25) is 0 Å². The van der Waals surface area contributed by atoms with Gasteiger partial charge in [-0.2, -0.15) is 0 Å². The average molecular weight is 399 g/mol. The molecule has 4 rings (SSSR count). The predicted molar refractivity (Wildman–Crippen MR) is 112 cm³/mol. The lowest BCUT2D eigenvalue weighted by Crippen LogP contribution is -2.56. The molecule has 3 heterocycles. The van der Waals surface area contributed by atoms with Crippen LogP contribution in [0.3, 0.4) is 0 Å². The minimum Gasteiger partial charge on any atom is -0.495 e. The van der Waals surface area contributed by atoms with Crippen LogP contribution < -0.4 is 4.74 Å². The molecule has 1 saturated heterocycles. The minimum absolute atomic E-state index is 0.191. The zero-order valence-electron chi connectivity index (χ0n) is 17.5. The number of nitrogens with zero attached hydrogens (tertiary/aromatic N) is 4. The van der Waals surface area contributed by atoms with Gasteiger partial charge in [0.05, 0.1) is 37.0 Å². The van der Waals surface area contributed by atoms with Crippen molar-refractivity contribution in [1.82, 2.24) is 14.5 Å². The molecule has 156 valence electrons. The van der Waals surface area contributed by atoms with E-state index in [2.05, 4.69) is 28.0 Å². The number of imidazole rings is 1. The van der Waals surface area contributed by atoms with E-state index in [4.69, 9.17) is 14.3 Å². The summed E-state index contributed by atoms with van der Waals surface area (Å²) in [5, 5.41) is 4.41. The van der Waals surface area contributed by atoms with E-state index in [1.807, 2.05) is 29.8 Å². The molecule has 2 aromatic rings. The van der Waals surface area contributed by atoms with Crippen LogP contribution >= 0.6 is 0 Å². The normalized spacial score (nSPS) is 21.3. The maximum absolute atomic E-state index is 6.19. The summed E-state index contributed by atoms with van der Waals surface area (Å²) in [7, 11) is 1.69.